The highest BCUT2D eigenvalue weighted by molar-refractivity contribution is 4.84. The zero-order valence-electron chi connectivity index (χ0n) is 16.8. The second-order valence-electron chi connectivity index (χ2n) is 6.76. The van der Waals surface area contributed by atoms with Gasteiger partial charge in [0, 0.05) is 13.7 Å². The lowest BCUT2D eigenvalue weighted by Gasteiger charge is -2.09. The van der Waals surface area contributed by atoms with Crippen molar-refractivity contribution in [1.29, 1.82) is 0 Å². The molecule has 0 spiro atoms. The Morgan fingerprint density at radius 1 is 0.720 bits per heavy atom. The maximum atomic E-state index is 9.42. The molecule has 3 heteroatoms. The summed E-state index contributed by atoms with van der Waals surface area (Å²) in [5.74, 6) is 0. The first-order chi connectivity index (χ1) is 12.3. The van der Waals surface area contributed by atoms with Crippen LogP contribution in [0.2, 0.25) is 0 Å². The molecule has 0 aromatic rings. The highest BCUT2D eigenvalue weighted by Crippen LogP contribution is 2.06. The summed E-state index contributed by atoms with van der Waals surface area (Å²) in [4.78, 5) is 0. The number of hydrogen-bond acceptors (Lipinski definition) is 3. The first kappa shape index (κ1) is 24.4. The van der Waals surface area contributed by atoms with Crippen molar-refractivity contribution in [3.63, 3.8) is 0 Å². The van der Waals surface area contributed by atoms with Crippen LogP contribution in [0.4, 0.5) is 0 Å². The standard InChI is InChI=1S/C22H42O3/c1-3-4-5-6-7-8-9-10-11-12-13-14-15-16-17-18-19-25-21-22(23)20-24-2/h7-8,13-14,22-23H,3-6,9-12,15-21H2,1-2H3/b8-7-,14-13-/t22-/m0/s1. The summed E-state index contributed by atoms with van der Waals surface area (Å²) < 4.78 is 10.3. The van der Waals surface area contributed by atoms with Gasteiger partial charge in [-0.05, 0) is 57.8 Å². The number of rotatable bonds is 19. The molecule has 0 heterocycles. The van der Waals surface area contributed by atoms with Crippen molar-refractivity contribution < 1.29 is 14.6 Å². The van der Waals surface area contributed by atoms with Crippen LogP contribution in [-0.4, -0.2) is 38.1 Å². The fourth-order valence-electron chi connectivity index (χ4n) is 2.61. The molecule has 148 valence electrons. The summed E-state index contributed by atoms with van der Waals surface area (Å²) in [5, 5.41) is 9.42. The van der Waals surface area contributed by atoms with Crippen molar-refractivity contribution in [1.82, 2.24) is 0 Å². The lowest BCUT2D eigenvalue weighted by atomic mass is 10.1. The average Bonchev–Trinajstić information content (AvgIpc) is 2.61. The Labute approximate surface area is 156 Å². The minimum Gasteiger partial charge on any atom is -0.388 e. The molecule has 0 aromatic heterocycles. The van der Waals surface area contributed by atoms with Crippen LogP contribution in [-0.2, 0) is 9.47 Å². The zero-order chi connectivity index (χ0) is 18.4. The van der Waals surface area contributed by atoms with Crippen molar-refractivity contribution in [3.05, 3.63) is 24.3 Å². The SMILES string of the molecule is CCCCC/C=C\CCCC/C=C\CCCCCOC[C@@H](O)COC. The van der Waals surface area contributed by atoms with Crippen LogP contribution in [0.5, 0.6) is 0 Å². The smallest absolute Gasteiger partial charge is 0.101 e. The molecule has 25 heavy (non-hydrogen) atoms. The quantitative estimate of drug-likeness (QED) is 0.234. The number of methoxy groups -OCH3 is 1. The lowest BCUT2D eigenvalue weighted by Crippen LogP contribution is -2.21. The van der Waals surface area contributed by atoms with Gasteiger partial charge in [-0.2, -0.15) is 0 Å². The van der Waals surface area contributed by atoms with E-state index in [-0.39, 0.29) is 0 Å². The Bertz CT molecular complexity index is 300. The molecule has 0 fully saturated rings. The highest BCUT2D eigenvalue weighted by atomic mass is 16.5. The van der Waals surface area contributed by atoms with E-state index in [1.807, 2.05) is 0 Å². The van der Waals surface area contributed by atoms with E-state index in [1.165, 1.54) is 70.6 Å². The van der Waals surface area contributed by atoms with Gasteiger partial charge in [-0.25, -0.2) is 0 Å². The third-order valence-electron chi connectivity index (χ3n) is 4.13. The summed E-state index contributed by atoms with van der Waals surface area (Å²) in [6.45, 7) is 3.71. The number of hydrogen-bond donors (Lipinski definition) is 1. The van der Waals surface area contributed by atoms with Gasteiger partial charge in [0.1, 0.15) is 6.10 Å². The number of aliphatic hydroxyl groups is 1. The molecule has 1 N–H and O–H groups in total. The van der Waals surface area contributed by atoms with Gasteiger partial charge in [-0.1, -0.05) is 50.5 Å². The second-order valence-corrected chi connectivity index (χ2v) is 6.76. The molecular formula is C22H42O3. The molecule has 3 nitrogen and oxygen atoms in total. The highest BCUT2D eigenvalue weighted by Gasteiger charge is 2.02. The van der Waals surface area contributed by atoms with E-state index in [0.29, 0.717) is 13.2 Å². The van der Waals surface area contributed by atoms with E-state index < -0.39 is 6.10 Å². The molecule has 0 saturated carbocycles. The summed E-state index contributed by atoms with van der Waals surface area (Å²) >= 11 is 0. The minimum atomic E-state index is -0.496. The number of unbranched alkanes of at least 4 members (excludes halogenated alkanes) is 9. The molecule has 0 unspecified atom stereocenters. The van der Waals surface area contributed by atoms with Crippen molar-refractivity contribution in [2.24, 2.45) is 0 Å². The lowest BCUT2D eigenvalue weighted by molar-refractivity contribution is -0.00681. The van der Waals surface area contributed by atoms with Gasteiger partial charge >= 0.3 is 0 Å². The number of aliphatic hydroxyl groups excluding tert-OH is 1. The van der Waals surface area contributed by atoms with E-state index in [1.54, 1.807) is 7.11 Å². The normalized spacial score (nSPS) is 13.2. The van der Waals surface area contributed by atoms with E-state index in [9.17, 15) is 5.11 Å². The van der Waals surface area contributed by atoms with E-state index in [0.717, 1.165) is 13.0 Å². The van der Waals surface area contributed by atoms with Gasteiger partial charge in [0.15, 0.2) is 0 Å². The molecular weight excluding hydrogens is 312 g/mol. The molecule has 0 bridgehead atoms. The second kappa shape index (κ2) is 21.4. The Hall–Kier alpha value is -0.640. The largest absolute Gasteiger partial charge is 0.388 e. The average molecular weight is 355 g/mol. The maximum absolute atomic E-state index is 9.42. The summed E-state index contributed by atoms with van der Waals surface area (Å²) in [5.41, 5.74) is 0. The van der Waals surface area contributed by atoms with Gasteiger partial charge in [-0.3, -0.25) is 0 Å². The van der Waals surface area contributed by atoms with Gasteiger partial charge in [0.05, 0.1) is 13.2 Å². The van der Waals surface area contributed by atoms with Crippen LogP contribution in [0.3, 0.4) is 0 Å². The van der Waals surface area contributed by atoms with E-state index in [4.69, 9.17) is 9.47 Å². The summed E-state index contributed by atoms with van der Waals surface area (Å²) in [6.07, 6.45) is 23.9. The van der Waals surface area contributed by atoms with Gasteiger partial charge in [0.25, 0.3) is 0 Å². The van der Waals surface area contributed by atoms with Gasteiger partial charge in [-0.15, -0.1) is 0 Å². The van der Waals surface area contributed by atoms with Gasteiger partial charge in [0.2, 0.25) is 0 Å². The molecule has 0 saturated heterocycles. The predicted molar refractivity (Wildman–Crippen MR) is 108 cm³/mol. The van der Waals surface area contributed by atoms with Crippen LogP contribution in [0, 0.1) is 0 Å². The number of ether oxygens (including phenoxy) is 2. The molecule has 0 radical (unpaired) electrons. The third-order valence-corrected chi connectivity index (χ3v) is 4.13. The van der Waals surface area contributed by atoms with Crippen LogP contribution in [0.25, 0.3) is 0 Å². The van der Waals surface area contributed by atoms with Crippen LogP contribution >= 0.6 is 0 Å². The molecule has 0 aliphatic carbocycles. The fraction of sp³-hybridized carbons (Fsp3) is 0.818. The Morgan fingerprint density at radius 3 is 1.76 bits per heavy atom. The van der Waals surface area contributed by atoms with Crippen molar-refractivity contribution in [3.8, 4) is 0 Å². The number of allylic oxidation sites excluding steroid dienone is 4. The van der Waals surface area contributed by atoms with Crippen molar-refractivity contribution in [2.45, 2.75) is 90.1 Å². The van der Waals surface area contributed by atoms with Crippen LogP contribution in [0.15, 0.2) is 24.3 Å². The predicted octanol–water partition coefficient (Wildman–Crippen LogP) is 5.82. The topological polar surface area (TPSA) is 38.7 Å². The molecule has 0 amide bonds. The summed E-state index contributed by atoms with van der Waals surface area (Å²) in [6, 6.07) is 0. The molecule has 0 aliphatic heterocycles. The molecule has 0 rings (SSSR count). The molecule has 0 aliphatic rings. The van der Waals surface area contributed by atoms with Gasteiger partial charge < -0.3 is 14.6 Å². The van der Waals surface area contributed by atoms with Crippen molar-refractivity contribution >= 4 is 0 Å². The molecule has 1 atom stereocenters. The van der Waals surface area contributed by atoms with E-state index in [2.05, 4.69) is 31.2 Å². The summed E-state index contributed by atoms with van der Waals surface area (Å²) in [7, 11) is 1.59. The Balaban J connectivity index is 3.18. The fourth-order valence-corrected chi connectivity index (χ4v) is 2.61. The zero-order valence-corrected chi connectivity index (χ0v) is 16.8. The Kier molecular flexibility index (Phi) is 20.9. The first-order valence-corrected chi connectivity index (χ1v) is 10.4. The first-order valence-electron chi connectivity index (χ1n) is 10.4. The monoisotopic (exact) mass is 354 g/mol. The molecule has 0 aromatic carbocycles. The van der Waals surface area contributed by atoms with Crippen LogP contribution < -0.4 is 0 Å². The minimum absolute atomic E-state index is 0.347. The van der Waals surface area contributed by atoms with Crippen molar-refractivity contribution in [2.75, 3.05) is 26.9 Å². The Morgan fingerprint density at radius 2 is 1.24 bits per heavy atom. The van der Waals surface area contributed by atoms with Crippen LogP contribution in [0.1, 0.15) is 84.0 Å². The third kappa shape index (κ3) is 21.3. The maximum Gasteiger partial charge on any atom is 0.101 e. The van der Waals surface area contributed by atoms with E-state index >= 15 is 0 Å².